The molecule has 3 aliphatic carbocycles. The van der Waals surface area contributed by atoms with Gasteiger partial charge in [-0.3, -0.25) is 4.79 Å². The van der Waals surface area contributed by atoms with Gasteiger partial charge >= 0.3 is 0 Å². The second-order valence-corrected chi connectivity index (χ2v) is 8.62. The summed E-state index contributed by atoms with van der Waals surface area (Å²) < 4.78 is 5.90. The molecule has 0 heterocycles. The number of aryl methyl sites for hydroxylation is 1. The maximum absolute atomic E-state index is 12.7. The molecule has 2 saturated carbocycles. The van der Waals surface area contributed by atoms with Crippen LogP contribution in [0.25, 0.3) is 0 Å². The molecule has 4 rings (SSSR count). The number of allylic oxidation sites excluding steroid dienone is 1. The zero-order valence-corrected chi connectivity index (χ0v) is 16.0. The van der Waals surface area contributed by atoms with Crippen LogP contribution in [0.3, 0.4) is 0 Å². The van der Waals surface area contributed by atoms with Gasteiger partial charge in [0, 0.05) is 11.0 Å². The lowest BCUT2D eigenvalue weighted by Gasteiger charge is -2.48. The number of unbranched alkanes of at least 4 members (excludes halogenated alkanes) is 1. The minimum absolute atomic E-state index is 0.189. The minimum Gasteiger partial charge on any atom is -0.515 e. The molecule has 0 bridgehead atoms. The summed E-state index contributed by atoms with van der Waals surface area (Å²) in [6.07, 6.45) is 8.28. The van der Waals surface area contributed by atoms with Crippen molar-refractivity contribution in [3.63, 3.8) is 0 Å². The third-order valence-corrected chi connectivity index (χ3v) is 7.26. The summed E-state index contributed by atoms with van der Waals surface area (Å²) in [4.78, 5) is 12.7. The van der Waals surface area contributed by atoms with E-state index in [0.717, 1.165) is 63.6 Å². The highest BCUT2D eigenvalue weighted by Crippen LogP contribution is 2.60. The molecule has 3 aliphatic rings. The van der Waals surface area contributed by atoms with Gasteiger partial charge in [0.25, 0.3) is 0 Å². The van der Waals surface area contributed by atoms with Gasteiger partial charge in [-0.15, -0.1) is 0 Å². The summed E-state index contributed by atoms with van der Waals surface area (Å²) in [5.74, 6) is 2.66. The first kappa shape index (κ1) is 17.6. The average molecular weight is 354 g/mol. The van der Waals surface area contributed by atoms with Crippen LogP contribution in [0.5, 0.6) is 5.75 Å². The number of benzene rings is 1. The van der Waals surface area contributed by atoms with Crippen molar-refractivity contribution in [1.82, 2.24) is 0 Å². The Morgan fingerprint density at radius 2 is 2.19 bits per heavy atom. The molecule has 0 radical (unpaired) electrons. The molecule has 4 atom stereocenters. The van der Waals surface area contributed by atoms with Crippen molar-refractivity contribution in [2.75, 3.05) is 6.61 Å². The number of ketones is 1. The first-order valence-corrected chi connectivity index (χ1v) is 10.2. The first-order chi connectivity index (χ1) is 12.6. The number of fused-ring (bicyclic) bond motifs is 5. The molecule has 0 amide bonds. The van der Waals surface area contributed by atoms with E-state index in [9.17, 15) is 9.90 Å². The molecular formula is C23H30O3. The Hall–Kier alpha value is -1.77. The number of aliphatic hydroxyl groups excluding tert-OH is 1. The van der Waals surface area contributed by atoms with Crippen molar-refractivity contribution in [2.24, 2.45) is 17.3 Å². The van der Waals surface area contributed by atoms with Gasteiger partial charge in [-0.2, -0.15) is 0 Å². The number of rotatable bonds is 4. The SMILES string of the molecule is CCCCOc1ccc2c(c1)CCC1C2CC[C@]2(C)C(=O)/C(=C\O)CC12. The van der Waals surface area contributed by atoms with Gasteiger partial charge in [0.1, 0.15) is 5.75 Å². The second kappa shape index (κ2) is 6.75. The van der Waals surface area contributed by atoms with Crippen molar-refractivity contribution in [2.45, 2.75) is 64.7 Å². The second-order valence-electron chi connectivity index (χ2n) is 8.62. The van der Waals surface area contributed by atoms with E-state index in [0.29, 0.717) is 23.3 Å². The zero-order valence-electron chi connectivity index (χ0n) is 16.0. The maximum atomic E-state index is 12.7. The average Bonchev–Trinajstić information content (AvgIpc) is 2.92. The van der Waals surface area contributed by atoms with Gasteiger partial charge in [-0.25, -0.2) is 0 Å². The summed E-state index contributed by atoms with van der Waals surface area (Å²) in [6, 6.07) is 6.65. The number of aliphatic hydroxyl groups is 1. The lowest BCUT2D eigenvalue weighted by atomic mass is 9.55. The monoisotopic (exact) mass is 354 g/mol. The molecule has 1 aromatic carbocycles. The third kappa shape index (κ3) is 2.67. The zero-order chi connectivity index (χ0) is 18.3. The molecule has 140 valence electrons. The molecule has 3 nitrogen and oxygen atoms in total. The van der Waals surface area contributed by atoms with Crippen LogP contribution in [0.2, 0.25) is 0 Å². The topological polar surface area (TPSA) is 46.5 Å². The van der Waals surface area contributed by atoms with Crippen LogP contribution in [-0.4, -0.2) is 17.5 Å². The fourth-order valence-corrected chi connectivity index (χ4v) is 5.77. The van der Waals surface area contributed by atoms with Gasteiger partial charge in [-0.1, -0.05) is 26.3 Å². The van der Waals surface area contributed by atoms with E-state index in [1.807, 2.05) is 0 Å². The van der Waals surface area contributed by atoms with E-state index >= 15 is 0 Å². The van der Waals surface area contributed by atoms with E-state index in [2.05, 4.69) is 32.0 Å². The van der Waals surface area contributed by atoms with Crippen LogP contribution in [0.1, 0.15) is 69.4 Å². The smallest absolute Gasteiger partial charge is 0.168 e. The highest BCUT2D eigenvalue weighted by atomic mass is 16.5. The largest absolute Gasteiger partial charge is 0.515 e. The standard InChI is InChI=1S/C23H30O3/c1-3-4-11-26-17-6-8-18-15(12-17)5-7-20-19(18)9-10-23(2)21(20)13-16(14-24)22(23)25/h6,8,12,14,19-21,24H,3-5,7,9-11,13H2,1-2H3/b16-14-/t19?,20?,21?,23-/m0/s1. The van der Waals surface area contributed by atoms with Crippen LogP contribution in [0.15, 0.2) is 30.0 Å². The minimum atomic E-state index is -0.267. The predicted octanol–water partition coefficient (Wildman–Crippen LogP) is 5.34. The van der Waals surface area contributed by atoms with Gasteiger partial charge in [-0.05, 0) is 79.5 Å². The quantitative estimate of drug-likeness (QED) is 0.451. The fourth-order valence-electron chi connectivity index (χ4n) is 5.77. The van der Waals surface area contributed by atoms with Crippen LogP contribution in [-0.2, 0) is 11.2 Å². The van der Waals surface area contributed by atoms with Gasteiger partial charge in [0.05, 0.1) is 12.9 Å². The van der Waals surface area contributed by atoms with E-state index < -0.39 is 0 Å². The number of hydrogen-bond acceptors (Lipinski definition) is 3. The molecular weight excluding hydrogens is 324 g/mol. The van der Waals surface area contributed by atoms with Gasteiger partial charge < -0.3 is 9.84 Å². The number of carbonyl (C=O) groups excluding carboxylic acids is 1. The predicted molar refractivity (Wildman–Crippen MR) is 103 cm³/mol. The lowest BCUT2D eigenvalue weighted by molar-refractivity contribution is -0.127. The van der Waals surface area contributed by atoms with Gasteiger partial charge in [0.2, 0.25) is 0 Å². The van der Waals surface area contributed by atoms with Crippen molar-refractivity contribution < 1.29 is 14.6 Å². The Bertz CT molecular complexity index is 735. The number of ether oxygens (including phenoxy) is 1. The maximum Gasteiger partial charge on any atom is 0.168 e. The normalized spacial score (nSPS) is 34.3. The highest BCUT2D eigenvalue weighted by molar-refractivity contribution is 6.02. The van der Waals surface area contributed by atoms with E-state index in [-0.39, 0.29) is 11.2 Å². The Kier molecular flexibility index (Phi) is 4.58. The van der Waals surface area contributed by atoms with Crippen LogP contribution >= 0.6 is 0 Å². The Balaban J connectivity index is 1.58. The Morgan fingerprint density at radius 1 is 1.35 bits per heavy atom. The fraction of sp³-hybridized carbons (Fsp3) is 0.609. The molecule has 1 aromatic rings. The lowest BCUT2D eigenvalue weighted by Crippen LogP contribution is -2.42. The molecule has 0 aromatic heterocycles. The van der Waals surface area contributed by atoms with E-state index in [4.69, 9.17) is 4.74 Å². The summed E-state index contributed by atoms with van der Waals surface area (Å²) >= 11 is 0. The van der Waals surface area contributed by atoms with Crippen LogP contribution < -0.4 is 4.74 Å². The number of carbonyl (C=O) groups is 1. The first-order valence-electron chi connectivity index (χ1n) is 10.2. The Labute approximate surface area is 156 Å². The molecule has 0 spiro atoms. The van der Waals surface area contributed by atoms with Crippen LogP contribution in [0, 0.1) is 17.3 Å². The molecule has 2 fully saturated rings. The van der Waals surface area contributed by atoms with Crippen molar-refractivity contribution in [3.05, 3.63) is 41.2 Å². The highest BCUT2D eigenvalue weighted by Gasteiger charge is 2.56. The third-order valence-electron chi connectivity index (χ3n) is 7.26. The summed E-state index contributed by atoms with van der Waals surface area (Å²) in [5.41, 5.74) is 3.28. The molecule has 0 aliphatic heterocycles. The van der Waals surface area contributed by atoms with Crippen molar-refractivity contribution >= 4 is 5.78 Å². The van der Waals surface area contributed by atoms with E-state index in [1.54, 1.807) is 0 Å². The van der Waals surface area contributed by atoms with Crippen LogP contribution in [0.4, 0.5) is 0 Å². The summed E-state index contributed by atoms with van der Waals surface area (Å²) in [7, 11) is 0. The molecule has 3 unspecified atom stereocenters. The molecule has 26 heavy (non-hydrogen) atoms. The van der Waals surface area contributed by atoms with E-state index in [1.165, 1.54) is 11.1 Å². The molecule has 1 N–H and O–H groups in total. The van der Waals surface area contributed by atoms with Crippen molar-refractivity contribution in [1.29, 1.82) is 0 Å². The number of hydrogen-bond donors (Lipinski definition) is 1. The number of Topliss-reactive ketones (excluding diaryl/α,β-unsaturated/α-hetero) is 1. The summed E-state index contributed by atoms with van der Waals surface area (Å²) in [6.45, 7) is 5.10. The van der Waals surface area contributed by atoms with Crippen molar-refractivity contribution in [3.8, 4) is 5.75 Å². The van der Waals surface area contributed by atoms with Gasteiger partial charge in [0.15, 0.2) is 5.78 Å². The Morgan fingerprint density at radius 3 is 2.96 bits per heavy atom. The molecule has 3 heteroatoms. The molecule has 0 saturated heterocycles. The summed E-state index contributed by atoms with van der Waals surface area (Å²) in [5, 5.41) is 9.47.